The Morgan fingerprint density at radius 2 is 1.48 bits per heavy atom. The van der Waals surface area contributed by atoms with Gasteiger partial charge in [-0.25, -0.2) is 9.97 Å². The van der Waals surface area contributed by atoms with Gasteiger partial charge in [0.15, 0.2) is 5.82 Å². The number of halogens is 1. The van der Waals surface area contributed by atoms with Crippen LogP contribution < -0.4 is 10.6 Å². The quantitative estimate of drug-likeness (QED) is 0.0988. The van der Waals surface area contributed by atoms with Gasteiger partial charge >= 0.3 is 5.97 Å². The molecule has 268 valence electrons. The minimum Gasteiger partial charge on any atom is -0.459 e. The number of nitrogens with zero attached hydrogens (tertiary/aromatic N) is 2. The van der Waals surface area contributed by atoms with Gasteiger partial charge in [-0.1, -0.05) is 75.4 Å². The van der Waals surface area contributed by atoms with Crippen LogP contribution in [0.1, 0.15) is 94.1 Å². The summed E-state index contributed by atoms with van der Waals surface area (Å²) < 4.78 is 13.1. The fourth-order valence-corrected chi connectivity index (χ4v) is 6.32. The molecule has 2 aromatic carbocycles. The first-order chi connectivity index (χ1) is 23.3. The van der Waals surface area contributed by atoms with E-state index in [9.17, 15) is 14.7 Å². The number of hydrogen-bond acceptors (Lipinski definition) is 9. The summed E-state index contributed by atoms with van der Waals surface area (Å²) in [6.45, 7) is 17.4. The molecule has 4 atom stereocenters. The molecule has 0 bridgehead atoms. The van der Waals surface area contributed by atoms with Gasteiger partial charge < -0.3 is 19.9 Å². The topological polar surface area (TPSA) is 123 Å². The van der Waals surface area contributed by atoms with Crippen molar-refractivity contribution in [1.82, 2.24) is 20.6 Å². The second-order valence-electron chi connectivity index (χ2n) is 15.3. The van der Waals surface area contributed by atoms with Crippen molar-refractivity contribution in [3.63, 3.8) is 0 Å². The van der Waals surface area contributed by atoms with E-state index in [0.717, 1.165) is 26.0 Å². The molecule has 0 aliphatic heterocycles. The van der Waals surface area contributed by atoms with Crippen molar-refractivity contribution in [2.75, 3.05) is 0 Å². The molecule has 2 aromatic heterocycles. The molecular weight excluding hydrogens is 716 g/mol. The van der Waals surface area contributed by atoms with Crippen LogP contribution in [0.25, 0.3) is 11.4 Å². The average Bonchev–Trinajstić information content (AvgIpc) is 3.54. The normalized spacial score (nSPS) is 14.8. The standard InChI is InChI=1S/C39H49BrN4O5S/c1-37(2,3)30-20-19-29(50-30)35(46)43-28(21-24-15-17-26(18-16-24)33-41-22-27(40)23-42-33)34(45)44-31(36(47)49-39(7,8)9)32(48-38(4,5)6)25-13-11-10-12-14-25/h10-20,22-23,28,31-32,34,44-45H,21H2,1-9H3,(H,43,46)/t28-,31?,32?,34?/m0/s1. The number of aliphatic hydroxyl groups excluding tert-OH is 1. The maximum absolute atomic E-state index is 13.9. The smallest absolute Gasteiger partial charge is 0.326 e. The Bertz CT molecular complexity index is 1710. The molecule has 0 aliphatic carbocycles. The molecule has 9 nitrogen and oxygen atoms in total. The highest BCUT2D eigenvalue weighted by Gasteiger charge is 2.39. The van der Waals surface area contributed by atoms with Crippen LogP contribution in [0.4, 0.5) is 0 Å². The molecule has 1 amide bonds. The number of aromatic nitrogens is 2. The van der Waals surface area contributed by atoms with E-state index in [1.54, 1.807) is 39.2 Å². The van der Waals surface area contributed by atoms with Crippen molar-refractivity contribution in [3.05, 3.63) is 104 Å². The molecule has 0 saturated heterocycles. The highest BCUT2D eigenvalue weighted by molar-refractivity contribution is 9.10. The summed E-state index contributed by atoms with van der Waals surface area (Å²) in [6.07, 6.45) is 1.41. The molecular formula is C39H49BrN4O5S. The van der Waals surface area contributed by atoms with E-state index in [2.05, 4.69) is 57.3 Å². The Hall–Kier alpha value is -3.48. The number of carbonyl (C=O) groups excluding carboxylic acids is 2. The van der Waals surface area contributed by atoms with E-state index in [1.807, 2.05) is 81.4 Å². The van der Waals surface area contributed by atoms with E-state index in [0.29, 0.717) is 10.7 Å². The lowest BCUT2D eigenvalue weighted by Gasteiger charge is -2.36. The van der Waals surface area contributed by atoms with Crippen LogP contribution in [-0.4, -0.2) is 56.5 Å². The van der Waals surface area contributed by atoms with Crippen LogP contribution >= 0.6 is 27.3 Å². The van der Waals surface area contributed by atoms with Gasteiger partial charge in [0.25, 0.3) is 5.91 Å². The maximum Gasteiger partial charge on any atom is 0.326 e. The van der Waals surface area contributed by atoms with Gasteiger partial charge in [-0.05, 0) is 92.6 Å². The molecule has 0 saturated carbocycles. The zero-order valence-corrected chi connectivity index (χ0v) is 32.7. The summed E-state index contributed by atoms with van der Waals surface area (Å²) in [6, 6.07) is 18.8. The number of nitrogens with one attached hydrogen (secondary N) is 2. The molecule has 3 N–H and O–H groups in total. The van der Waals surface area contributed by atoms with Gasteiger partial charge in [-0.2, -0.15) is 0 Å². The van der Waals surface area contributed by atoms with Crippen molar-refractivity contribution in [2.45, 2.75) is 110 Å². The number of carbonyl (C=O) groups is 2. The largest absolute Gasteiger partial charge is 0.459 e. The second-order valence-corrected chi connectivity index (χ2v) is 17.3. The van der Waals surface area contributed by atoms with Gasteiger partial charge in [-0.15, -0.1) is 11.3 Å². The van der Waals surface area contributed by atoms with Crippen LogP contribution in [0.3, 0.4) is 0 Å². The Balaban J connectivity index is 1.69. The third-order valence-electron chi connectivity index (χ3n) is 7.48. The first kappa shape index (κ1) is 39.3. The summed E-state index contributed by atoms with van der Waals surface area (Å²) in [5.74, 6) is -0.341. The van der Waals surface area contributed by atoms with E-state index in [-0.39, 0.29) is 17.7 Å². The van der Waals surface area contributed by atoms with Gasteiger partial charge in [0, 0.05) is 22.8 Å². The third-order valence-corrected chi connectivity index (χ3v) is 9.40. The Kier molecular flexibility index (Phi) is 12.8. The van der Waals surface area contributed by atoms with Crippen molar-refractivity contribution in [3.8, 4) is 11.4 Å². The summed E-state index contributed by atoms with van der Waals surface area (Å²) in [5, 5.41) is 18.1. The summed E-state index contributed by atoms with van der Waals surface area (Å²) in [5.41, 5.74) is 0.831. The molecule has 0 fully saturated rings. The summed E-state index contributed by atoms with van der Waals surface area (Å²) >= 11 is 4.79. The number of thiophene rings is 1. The van der Waals surface area contributed by atoms with Crippen molar-refractivity contribution >= 4 is 39.1 Å². The monoisotopic (exact) mass is 764 g/mol. The minimum atomic E-state index is -1.39. The fraction of sp³-hybridized carbons (Fsp3) is 0.436. The van der Waals surface area contributed by atoms with E-state index in [1.165, 1.54) is 11.3 Å². The molecule has 50 heavy (non-hydrogen) atoms. The van der Waals surface area contributed by atoms with Crippen LogP contribution in [0.5, 0.6) is 0 Å². The van der Waals surface area contributed by atoms with Crippen LogP contribution in [-0.2, 0) is 26.1 Å². The predicted molar refractivity (Wildman–Crippen MR) is 202 cm³/mol. The molecule has 0 spiro atoms. The molecule has 2 heterocycles. The lowest BCUT2D eigenvalue weighted by Crippen LogP contribution is -2.58. The Morgan fingerprint density at radius 3 is 2.02 bits per heavy atom. The number of aliphatic hydroxyl groups is 1. The summed E-state index contributed by atoms with van der Waals surface area (Å²) in [7, 11) is 0. The van der Waals surface area contributed by atoms with Crippen molar-refractivity contribution < 1.29 is 24.2 Å². The highest BCUT2D eigenvalue weighted by Crippen LogP contribution is 2.31. The molecule has 3 unspecified atom stereocenters. The van der Waals surface area contributed by atoms with Crippen molar-refractivity contribution in [1.29, 1.82) is 0 Å². The molecule has 0 aliphatic rings. The van der Waals surface area contributed by atoms with Crippen LogP contribution in [0, 0.1) is 0 Å². The van der Waals surface area contributed by atoms with Gasteiger partial charge in [0.2, 0.25) is 0 Å². The zero-order chi connectivity index (χ0) is 36.9. The average molecular weight is 766 g/mol. The zero-order valence-electron chi connectivity index (χ0n) is 30.3. The first-order valence-corrected chi connectivity index (χ1v) is 18.3. The van der Waals surface area contributed by atoms with Gasteiger partial charge in [0.1, 0.15) is 24.0 Å². The number of ether oxygens (including phenoxy) is 2. The Morgan fingerprint density at radius 1 is 0.860 bits per heavy atom. The minimum absolute atomic E-state index is 0.121. The molecule has 4 rings (SSSR count). The maximum atomic E-state index is 13.9. The van der Waals surface area contributed by atoms with E-state index >= 15 is 0 Å². The third kappa shape index (κ3) is 11.5. The first-order valence-electron chi connectivity index (χ1n) is 16.7. The molecule has 4 aromatic rings. The molecule has 0 radical (unpaired) electrons. The highest BCUT2D eigenvalue weighted by atomic mass is 79.9. The number of amides is 1. The number of benzene rings is 2. The number of rotatable bonds is 12. The lowest BCUT2D eigenvalue weighted by atomic mass is 9.95. The number of esters is 1. The van der Waals surface area contributed by atoms with Crippen molar-refractivity contribution in [2.24, 2.45) is 0 Å². The SMILES string of the molecule is CC(C)(C)OC(=O)C(NC(O)[C@H](Cc1ccc(-c2ncc(Br)cn2)cc1)NC(=O)c1ccc(C(C)(C)C)s1)C(OC(C)(C)C)c1ccccc1. The van der Waals surface area contributed by atoms with E-state index in [4.69, 9.17) is 9.47 Å². The predicted octanol–water partition coefficient (Wildman–Crippen LogP) is 7.78. The lowest BCUT2D eigenvalue weighted by molar-refractivity contribution is -0.168. The second kappa shape index (κ2) is 16.2. The van der Waals surface area contributed by atoms with Crippen LogP contribution in [0.15, 0.2) is 83.6 Å². The van der Waals surface area contributed by atoms with Gasteiger partial charge in [-0.3, -0.25) is 14.9 Å². The fourth-order valence-electron chi connectivity index (χ4n) is 5.15. The Labute approximate surface area is 308 Å². The van der Waals surface area contributed by atoms with Crippen LogP contribution in [0.2, 0.25) is 0 Å². The van der Waals surface area contributed by atoms with Gasteiger partial charge in [0.05, 0.1) is 21.0 Å². The molecule has 11 heteroatoms. The summed E-state index contributed by atoms with van der Waals surface area (Å²) in [4.78, 5) is 38.0. The van der Waals surface area contributed by atoms with E-state index < -0.39 is 41.6 Å². The number of hydrogen-bond donors (Lipinski definition) is 3.